The maximum absolute atomic E-state index is 12.8. The van der Waals surface area contributed by atoms with Crippen molar-refractivity contribution in [3.63, 3.8) is 0 Å². The van der Waals surface area contributed by atoms with Gasteiger partial charge in [0.15, 0.2) is 0 Å². The van der Waals surface area contributed by atoms with Crippen LogP contribution in [0, 0.1) is 6.92 Å². The SMILES string of the molecule is CCOc1c(-c2cc(C(=O)N=c3[nH]c4ccccc4[nH]3)cc(C)n2)cnn1C. The molecule has 3 aromatic heterocycles. The Bertz CT molecular complexity index is 1190. The van der Waals surface area contributed by atoms with Gasteiger partial charge in [-0.1, -0.05) is 12.1 Å². The van der Waals surface area contributed by atoms with Gasteiger partial charge in [0.1, 0.15) is 0 Å². The summed E-state index contributed by atoms with van der Waals surface area (Å²) in [4.78, 5) is 27.7. The third-order valence-corrected chi connectivity index (χ3v) is 4.29. The highest BCUT2D eigenvalue weighted by Crippen LogP contribution is 2.29. The summed E-state index contributed by atoms with van der Waals surface area (Å²) in [5.74, 6) is 0.247. The number of nitrogens with zero attached hydrogens (tertiary/aromatic N) is 4. The smallest absolute Gasteiger partial charge is 0.280 e. The van der Waals surface area contributed by atoms with Crippen LogP contribution in [0.25, 0.3) is 22.3 Å². The minimum absolute atomic E-state index is 0.364. The number of para-hydroxylation sites is 2. The van der Waals surface area contributed by atoms with Crippen molar-refractivity contribution in [1.82, 2.24) is 24.7 Å². The number of aryl methyl sites for hydroxylation is 2. The molecule has 0 aliphatic rings. The Hall–Kier alpha value is -3.68. The lowest BCUT2D eigenvalue weighted by Gasteiger charge is -2.08. The lowest BCUT2D eigenvalue weighted by molar-refractivity contribution is 0.0997. The fourth-order valence-electron chi connectivity index (χ4n) is 3.05. The second-order valence-corrected chi connectivity index (χ2v) is 6.36. The van der Waals surface area contributed by atoms with Gasteiger partial charge >= 0.3 is 0 Å². The van der Waals surface area contributed by atoms with E-state index in [0.717, 1.165) is 16.6 Å². The van der Waals surface area contributed by atoms with Gasteiger partial charge in [-0.2, -0.15) is 10.1 Å². The van der Waals surface area contributed by atoms with Crippen molar-refractivity contribution < 1.29 is 9.53 Å². The summed E-state index contributed by atoms with van der Waals surface area (Å²) in [6.07, 6.45) is 1.68. The average Bonchev–Trinajstić information content (AvgIpc) is 3.24. The standard InChI is InChI=1S/C20H20N6O2/c1-4-28-19-14(11-21-26(19)3)17-10-13(9-12(2)22-17)18(27)25-20-23-15-7-5-6-8-16(15)24-20/h5-11H,4H2,1-3H3,(H2,23,24,25,27). The van der Waals surface area contributed by atoms with Gasteiger partial charge in [-0.15, -0.1) is 0 Å². The molecule has 0 saturated carbocycles. The van der Waals surface area contributed by atoms with Crippen molar-refractivity contribution in [3.8, 4) is 17.1 Å². The molecule has 8 heteroatoms. The van der Waals surface area contributed by atoms with Gasteiger partial charge < -0.3 is 14.7 Å². The summed E-state index contributed by atoms with van der Waals surface area (Å²) in [7, 11) is 1.80. The average molecular weight is 376 g/mol. The molecule has 3 heterocycles. The largest absolute Gasteiger partial charge is 0.478 e. The zero-order valence-corrected chi connectivity index (χ0v) is 15.9. The van der Waals surface area contributed by atoms with E-state index in [-0.39, 0.29) is 5.91 Å². The minimum atomic E-state index is -0.364. The van der Waals surface area contributed by atoms with E-state index in [2.05, 4.69) is 25.0 Å². The highest BCUT2D eigenvalue weighted by Gasteiger charge is 2.16. The molecule has 0 aliphatic carbocycles. The van der Waals surface area contributed by atoms with Gasteiger partial charge in [0, 0.05) is 18.3 Å². The Morgan fingerprint density at radius 3 is 2.61 bits per heavy atom. The Labute approximate surface area is 160 Å². The first-order valence-corrected chi connectivity index (χ1v) is 8.95. The number of carbonyl (C=O) groups excluding carboxylic acids is 1. The minimum Gasteiger partial charge on any atom is -0.478 e. The Balaban J connectivity index is 1.75. The number of fused-ring (bicyclic) bond motifs is 1. The highest BCUT2D eigenvalue weighted by atomic mass is 16.5. The predicted octanol–water partition coefficient (Wildman–Crippen LogP) is 2.74. The first-order chi connectivity index (χ1) is 13.5. The zero-order valence-electron chi connectivity index (χ0n) is 15.9. The normalized spacial score (nSPS) is 11.0. The van der Waals surface area contributed by atoms with Crippen molar-refractivity contribution in [2.24, 2.45) is 12.0 Å². The van der Waals surface area contributed by atoms with Gasteiger partial charge in [0.05, 0.1) is 35.1 Å². The molecule has 1 amide bonds. The number of rotatable bonds is 4. The number of imidazole rings is 1. The molecule has 0 fully saturated rings. The fourth-order valence-corrected chi connectivity index (χ4v) is 3.05. The molecule has 0 unspecified atom stereocenters. The number of carbonyl (C=O) groups is 1. The van der Waals surface area contributed by atoms with Crippen LogP contribution >= 0.6 is 0 Å². The van der Waals surface area contributed by atoms with Crippen LogP contribution in [-0.4, -0.2) is 37.2 Å². The van der Waals surface area contributed by atoms with Crippen LogP contribution in [0.2, 0.25) is 0 Å². The van der Waals surface area contributed by atoms with E-state index in [1.54, 1.807) is 30.1 Å². The molecule has 2 N–H and O–H groups in total. The quantitative estimate of drug-likeness (QED) is 0.572. The molecule has 0 atom stereocenters. The van der Waals surface area contributed by atoms with Crippen LogP contribution in [0.1, 0.15) is 23.0 Å². The molecule has 0 radical (unpaired) electrons. The maximum Gasteiger partial charge on any atom is 0.280 e. The number of H-pyrrole nitrogens is 2. The molecule has 8 nitrogen and oxygen atoms in total. The summed E-state index contributed by atoms with van der Waals surface area (Å²) in [5, 5.41) is 4.24. The summed E-state index contributed by atoms with van der Waals surface area (Å²) < 4.78 is 7.32. The number of ether oxygens (including phenoxy) is 1. The van der Waals surface area contributed by atoms with Crippen LogP contribution < -0.4 is 10.4 Å². The van der Waals surface area contributed by atoms with E-state index in [1.165, 1.54) is 0 Å². The van der Waals surface area contributed by atoms with Crippen molar-refractivity contribution in [1.29, 1.82) is 0 Å². The van der Waals surface area contributed by atoms with Crippen LogP contribution in [0.4, 0.5) is 0 Å². The van der Waals surface area contributed by atoms with Gasteiger partial charge in [-0.3, -0.25) is 9.78 Å². The monoisotopic (exact) mass is 376 g/mol. The van der Waals surface area contributed by atoms with E-state index < -0.39 is 0 Å². The van der Waals surface area contributed by atoms with E-state index in [0.29, 0.717) is 35.1 Å². The molecule has 4 aromatic rings. The third kappa shape index (κ3) is 3.32. The first kappa shape index (κ1) is 17.7. The fraction of sp³-hybridized carbons (Fsp3) is 0.200. The van der Waals surface area contributed by atoms with Crippen molar-refractivity contribution in [3.05, 3.63) is 59.5 Å². The second-order valence-electron chi connectivity index (χ2n) is 6.36. The summed E-state index contributed by atoms with van der Waals surface area (Å²) in [6.45, 7) is 4.26. The molecule has 142 valence electrons. The number of benzene rings is 1. The number of aromatic amines is 2. The molecule has 0 bridgehead atoms. The lowest BCUT2D eigenvalue weighted by Crippen LogP contribution is -2.10. The third-order valence-electron chi connectivity index (χ3n) is 4.29. The molecule has 0 saturated heterocycles. The lowest BCUT2D eigenvalue weighted by atomic mass is 10.1. The second kappa shape index (κ2) is 7.15. The molecule has 0 spiro atoms. The summed E-state index contributed by atoms with van der Waals surface area (Å²) >= 11 is 0. The summed E-state index contributed by atoms with van der Waals surface area (Å²) in [5.41, 5.74) is 4.69. The van der Waals surface area contributed by atoms with Crippen LogP contribution in [0.3, 0.4) is 0 Å². The number of nitrogens with one attached hydrogen (secondary N) is 2. The van der Waals surface area contributed by atoms with Gasteiger partial charge in [0.2, 0.25) is 11.5 Å². The van der Waals surface area contributed by atoms with Gasteiger partial charge in [-0.05, 0) is 38.1 Å². The number of hydrogen-bond donors (Lipinski definition) is 2. The molecular weight excluding hydrogens is 356 g/mol. The predicted molar refractivity (Wildman–Crippen MR) is 105 cm³/mol. The van der Waals surface area contributed by atoms with Crippen LogP contribution in [-0.2, 0) is 7.05 Å². The molecule has 0 aliphatic heterocycles. The number of hydrogen-bond acceptors (Lipinski definition) is 4. The molecule has 4 rings (SSSR count). The van der Waals surface area contributed by atoms with E-state index in [1.807, 2.05) is 38.1 Å². The van der Waals surface area contributed by atoms with Crippen molar-refractivity contribution in [2.45, 2.75) is 13.8 Å². The molecular formula is C20H20N6O2. The summed E-state index contributed by atoms with van der Waals surface area (Å²) in [6, 6.07) is 11.1. The number of pyridine rings is 1. The number of amides is 1. The van der Waals surface area contributed by atoms with E-state index >= 15 is 0 Å². The Morgan fingerprint density at radius 1 is 1.21 bits per heavy atom. The Morgan fingerprint density at radius 2 is 1.93 bits per heavy atom. The van der Waals surface area contributed by atoms with Gasteiger partial charge in [-0.25, -0.2) is 4.68 Å². The topological polar surface area (TPSA) is 101 Å². The van der Waals surface area contributed by atoms with Crippen molar-refractivity contribution >= 4 is 16.9 Å². The van der Waals surface area contributed by atoms with Gasteiger partial charge in [0.25, 0.3) is 5.91 Å². The van der Waals surface area contributed by atoms with Crippen LogP contribution in [0.15, 0.2) is 47.6 Å². The molecule has 28 heavy (non-hydrogen) atoms. The van der Waals surface area contributed by atoms with E-state index in [9.17, 15) is 4.79 Å². The first-order valence-electron chi connectivity index (χ1n) is 8.95. The zero-order chi connectivity index (χ0) is 19.7. The van der Waals surface area contributed by atoms with Crippen molar-refractivity contribution in [2.75, 3.05) is 6.61 Å². The van der Waals surface area contributed by atoms with E-state index in [4.69, 9.17) is 4.74 Å². The maximum atomic E-state index is 12.8. The molecule has 1 aromatic carbocycles. The Kier molecular flexibility index (Phi) is 4.52. The van der Waals surface area contributed by atoms with Crippen LogP contribution in [0.5, 0.6) is 5.88 Å². The number of aromatic nitrogens is 5. The highest BCUT2D eigenvalue weighted by molar-refractivity contribution is 5.96.